The van der Waals surface area contributed by atoms with E-state index in [1.807, 2.05) is 24.3 Å². The van der Waals surface area contributed by atoms with Crippen LogP contribution in [0.1, 0.15) is 43.4 Å². The zero-order valence-electron chi connectivity index (χ0n) is 15.7. The maximum Gasteiger partial charge on any atom is 0.313 e. The molecule has 0 spiro atoms. The Bertz CT molecular complexity index is 737. The molecular weight excluding hydrogens is 358 g/mol. The van der Waals surface area contributed by atoms with Crippen LogP contribution in [0, 0.1) is 0 Å². The zero-order chi connectivity index (χ0) is 19.1. The highest BCUT2D eigenvalue weighted by molar-refractivity contribution is 7.08. The quantitative estimate of drug-likeness (QED) is 0.747. The molecule has 2 aromatic rings. The minimum atomic E-state index is -0.623. The number of nitrogens with zero attached hydrogens (tertiary/aromatic N) is 1. The third-order valence-electron chi connectivity index (χ3n) is 5.04. The van der Waals surface area contributed by atoms with Crippen molar-refractivity contribution in [3.8, 4) is 0 Å². The molecule has 144 valence electrons. The molecule has 27 heavy (non-hydrogen) atoms. The van der Waals surface area contributed by atoms with Crippen LogP contribution < -0.4 is 10.6 Å². The van der Waals surface area contributed by atoms with Crippen molar-refractivity contribution >= 4 is 28.8 Å². The van der Waals surface area contributed by atoms with E-state index in [0.29, 0.717) is 12.2 Å². The number of hydrogen-bond donors (Lipinski definition) is 2. The van der Waals surface area contributed by atoms with Crippen LogP contribution in [0.4, 0.5) is 5.69 Å². The van der Waals surface area contributed by atoms with E-state index in [9.17, 15) is 9.59 Å². The maximum absolute atomic E-state index is 12.3. The summed E-state index contributed by atoms with van der Waals surface area (Å²) in [5, 5.41) is 9.67. The molecule has 0 radical (unpaired) electrons. The van der Waals surface area contributed by atoms with Crippen LogP contribution in [-0.4, -0.2) is 36.3 Å². The number of anilines is 1. The van der Waals surface area contributed by atoms with Crippen molar-refractivity contribution in [3.63, 3.8) is 0 Å². The molecule has 1 aliphatic heterocycles. The van der Waals surface area contributed by atoms with Crippen molar-refractivity contribution in [2.45, 2.75) is 38.6 Å². The first kappa shape index (κ1) is 19.6. The molecule has 0 aliphatic carbocycles. The Morgan fingerprint density at radius 2 is 1.81 bits per heavy atom. The van der Waals surface area contributed by atoms with Gasteiger partial charge in [-0.05, 0) is 72.4 Å². The normalized spacial score (nSPS) is 15.9. The smallest absolute Gasteiger partial charge is 0.313 e. The summed E-state index contributed by atoms with van der Waals surface area (Å²) in [6, 6.07) is 9.79. The highest BCUT2D eigenvalue weighted by atomic mass is 32.1. The number of benzene rings is 1. The van der Waals surface area contributed by atoms with Gasteiger partial charge in [-0.15, -0.1) is 0 Å². The lowest BCUT2D eigenvalue weighted by molar-refractivity contribution is -0.136. The van der Waals surface area contributed by atoms with Crippen molar-refractivity contribution in [2.75, 3.05) is 25.0 Å². The molecule has 6 heteroatoms. The predicted molar refractivity (Wildman–Crippen MR) is 110 cm³/mol. The fourth-order valence-electron chi connectivity index (χ4n) is 3.43. The van der Waals surface area contributed by atoms with E-state index < -0.39 is 11.8 Å². The van der Waals surface area contributed by atoms with Gasteiger partial charge >= 0.3 is 11.8 Å². The van der Waals surface area contributed by atoms with Gasteiger partial charge < -0.3 is 10.6 Å². The summed E-state index contributed by atoms with van der Waals surface area (Å²) in [6.45, 7) is 4.59. The number of piperidine rings is 1. The average molecular weight is 386 g/mol. The minimum Gasteiger partial charge on any atom is -0.346 e. The van der Waals surface area contributed by atoms with E-state index in [-0.39, 0.29) is 6.04 Å². The fraction of sp³-hybridized carbons (Fsp3) is 0.429. The molecule has 3 rings (SSSR count). The Morgan fingerprint density at radius 1 is 1.07 bits per heavy atom. The highest BCUT2D eigenvalue weighted by Gasteiger charge is 2.24. The number of hydrogen-bond acceptors (Lipinski definition) is 4. The van der Waals surface area contributed by atoms with Gasteiger partial charge in [0.2, 0.25) is 0 Å². The first-order valence-electron chi connectivity index (χ1n) is 9.61. The number of rotatable bonds is 6. The Balaban J connectivity index is 1.57. The summed E-state index contributed by atoms with van der Waals surface area (Å²) in [6.07, 6.45) is 4.57. The van der Waals surface area contributed by atoms with E-state index in [1.54, 1.807) is 11.3 Å². The number of carbonyl (C=O) groups excluding carboxylic acids is 2. The average Bonchev–Trinajstić information content (AvgIpc) is 3.24. The molecule has 1 aliphatic rings. The van der Waals surface area contributed by atoms with E-state index in [4.69, 9.17) is 0 Å². The number of thiophene rings is 1. The number of amides is 2. The maximum atomic E-state index is 12.3. The van der Waals surface area contributed by atoms with Gasteiger partial charge in [0.25, 0.3) is 0 Å². The Morgan fingerprint density at radius 3 is 2.44 bits per heavy atom. The molecule has 1 aromatic heterocycles. The van der Waals surface area contributed by atoms with Crippen LogP contribution in [0.5, 0.6) is 0 Å². The van der Waals surface area contributed by atoms with Gasteiger partial charge in [0.15, 0.2) is 0 Å². The molecule has 1 atom stereocenters. The fourth-order valence-corrected chi connectivity index (χ4v) is 4.14. The second kappa shape index (κ2) is 9.67. The molecule has 0 saturated carbocycles. The molecule has 0 bridgehead atoms. The van der Waals surface area contributed by atoms with E-state index >= 15 is 0 Å². The van der Waals surface area contributed by atoms with E-state index in [2.05, 4.69) is 39.3 Å². The van der Waals surface area contributed by atoms with Gasteiger partial charge in [-0.3, -0.25) is 14.5 Å². The highest BCUT2D eigenvalue weighted by Crippen LogP contribution is 2.25. The van der Waals surface area contributed by atoms with Gasteiger partial charge in [0.1, 0.15) is 0 Å². The van der Waals surface area contributed by atoms with Crippen LogP contribution in [0.25, 0.3) is 0 Å². The molecule has 2 N–H and O–H groups in total. The van der Waals surface area contributed by atoms with Crippen LogP contribution in [0.15, 0.2) is 41.1 Å². The van der Waals surface area contributed by atoms with Crippen molar-refractivity contribution in [1.29, 1.82) is 0 Å². The Labute approximate surface area is 164 Å². The summed E-state index contributed by atoms with van der Waals surface area (Å²) in [7, 11) is 0. The second-order valence-corrected chi connectivity index (χ2v) is 7.66. The molecule has 1 fully saturated rings. The van der Waals surface area contributed by atoms with Gasteiger partial charge in [-0.25, -0.2) is 0 Å². The second-order valence-electron chi connectivity index (χ2n) is 6.88. The molecule has 1 aromatic carbocycles. The summed E-state index contributed by atoms with van der Waals surface area (Å²) < 4.78 is 0. The SMILES string of the molecule is CCc1ccc(NC(=O)C(=O)NCC(c2ccsc2)N2CCCCC2)cc1. The number of aryl methyl sites for hydroxylation is 1. The zero-order valence-corrected chi connectivity index (χ0v) is 16.6. The number of nitrogens with one attached hydrogen (secondary N) is 2. The monoisotopic (exact) mass is 385 g/mol. The molecule has 1 saturated heterocycles. The molecule has 2 heterocycles. The Hall–Kier alpha value is -2.18. The van der Waals surface area contributed by atoms with Crippen molar-refractivity contribution in [3.05, 3.63) is 52.2 Å². The van der Waals surface area contributed by atoms with Crippen molar-refractivity contribution in [2.24, 2.45) is 0 Å². The van der Waals surface area contributed by atoms with Gasteiger partial charge in [-0.1, -0.05) is 25.5 Å². The van der Waals surface area contributed by atoms with Gasteiger partial charge in [0, 0.05) is 12.2 Å². The summed E-state index contributed by atoms with van der Waals surface area (Å²) in [5.41, 5.74) is 3.04. The van der Waals surface area contributed by atoms with Crippen LogP contribution in [0.2, 0.25) is 0 Å². The molecule has 2 amide bonds. The van der Waals surface area contributed by atoms with Crippen LogP contribution in [0.3, 0.4) is 0 Å². The summed E-state index contributed by atoms with van der Waals surface area (Å²) >= 11 is 1.66. The minimum absolute atomic E-state index is 0.122. The number of likely N-dealkylation sites (tertiary alicyclic amines) is 1. The largest absolute Gasteiger partial charge is 0.346 e. The number of carbonyl (C=O) groups is 2. The van der Waals surface area contributed by atoms with Crippen LogP contribution >= 0.6 is 11.3 Å². The summed E-state index contributed by atoms with van der Waals surface area (Å²) in [4.78, 5) is 26.9. The topological polar surface area (TPSA) is 61.4 Å². The first-order chi connectivity index (χ1) is 13.2. The lowest BCUT2D eigenvalue weighted by Crippen LogP contribution is -2.43. The van der Waals surface area contributed by atoms with Gasteiger partial charge in [-0.2, -0.15) is 11.3 Å². The third kappa shape index (κ3) is 5.40. The lowest BCUT2D eigenvalue weighted by atomic mass is 10.0. The first-order valence-corrected chi connectivity index (χ1v) is 10.6. The third-order valence-corrected chi connectivity index (χ3v) is 5.74. The van der Waals surface area contributed by atoms with E-state index in [1.165, 1.54) is 30.4 Å². The van der Waals surface area contributed by atoms with Gasteiger partial charge in [0.05, 0.1) is 6.04 Å². The summed E-state index contributed by atoms with van der Waals surface area (Å²) in [5.74, 6) is -1.21. The van der Waals surface area contributed by atoms with Crippen LogP contribution in [-0.2, 0) is 16.0 Å². The van der Waals surface area contributed by atoms with Crippen molar-refractivity contribution < 1.29 is 9.59 Å². The predicted octanol–water partition coefficient (Wildman–Crippen LogP) is 3.59. The Kier molecular flexibility index (Phi) is 7.01. The van der Waals surface area contributed by atoms with E-state index in [0.717, 1.165) is 19.5 Å². The molecular formula is C21H27N3O2S. The van der Waals surface area contributed by atoms with Crippen molar-refractivity contribution in [1.82, 2.24) is 10.2 Å². The molecule has 1 unspecified atom stereocenters. The lowest BCUT2D eigenvalue weighted by Gasteiger charge is -2.34. The molecule has 5 nitrogen and oxygen atoms in total. The standard InChI is InChI=1S/C21H27N3O2S/c1-2-16-6-8-18(9-7-16)23-21(26)20(25)22-14-19(17-10-13-27-15-17)24-11-4-3-5-12-24/h6-10,13,15,19H,2-5,11-12,14H2,1H3,(H,22,25)(H,23,26).